The minimum Gasteiger partial charge on any atom is -0.316 e. The van der Waals surface area contributed by atoms with E-state index >= 15 is 0 Å². The van der Waals surface area contributed by atoms with Crippen LogP contribution in [0, 0.1) is 0 Å². The Morgan fingerprint density at radius 1 is 1.29 bits per heavy atom. The van der Waals surface area contributed by atoms with Crippen LogP contribution in [-0.4, -0.2) is 20.4 Å². The average molecular weight is 325 g/mol. The average Bonchev–Trinajstić information content (AvgIpc) is 2.99. The predicted octanol–water partition coefficient (Wildman–Crippen LogP) is 1.90. The van der Waals surface area contributed by atoms with Crippen molar-refractivity contribution in [3.05, 3.63) is 45.9 Å². The third-order valence-corrected chi connectivity index (χ3v) is 5.37. The van der Waals surface area contributed by atoms with Crippen LogP contribution in [0.5, 0.6) is 0 Å². The third-order valence-electron chi connectivity index (χ3n) is 3.10. The van der Waals surface area contributed by atoms with E-state index in [1.165, 1.54) is 11.3 Å². The van der Waals surface area contributed by atoms with Crippen molar-refractivity contribution in [2.45, 2.75) is 31.3 Å². The molecular weight excluding hydrogens is 306 g/mol. The molecule has 0 bridgehead atoms. The van der Waals surface area contributed by atoms with Gasteiger partial charge in [-0.2, -0.15) is 0 Å². The number of thiazole rings is 1. The summed E-state index contributed by atoms with van der Waals surface area (Å²) in [6.45, 7) is 2.86. The van der Waals surface area contributed by atoms with Crippen LogP contribution in [-0.2, 0) is 29.5 Å². The van der Waals surface area contributed by atoms with Gasteiger partial charge < -0.3 is 5.32 Å². The van der Waals surface area contributed by atoms with Crippen LogP contribution < -0.4 is 10.0 Å². The molecule has 0 aliphatic heterocycles. The molecule has 0 atom stereocenters. The van der Waals surface area contributed by atoms with Crippen molar-refractivity contribution in [1.29, 1.82) is 0 Å². The number of sulfonamides is 1. The van der Waals surface area contributed by atoms with Gasteiger partial charge >= 0.3 is 0 Å². The molecule has 1 aromatic carbocycles. The molecule has 2 rings (SSSR count). The number of hydrogen-bond acceptors (Lipinski definition) is 5. The molecular formula is C14H19N3O2S2. The van der Waals surface area contributed by atoms with Crippen LogP contribution >= 0.6 is 11.3 Å². The number of benzene rings is 1. The lowest BCUT2D eigenvalue weighted by Crippen LogP contribution is -2.24. The highest BCUT2D eigenvalue weighted by Gasteiger charge is 2.18. The highest BCUT2D eigenvalue weighted by atomic mass is 32.2. The van der Waals surface area contributed by atoms with E-state index in [1.54, 1.807) is 17.8 Å². The zero-order valence-corrected chi connectivity index (χ0v) is 13.7. The molecule has 0 amide bonds. The minimum absolute atomic E-state index is 0.270. The molecule has 2 N–H and O–H groups in total. The van der Waals surface area contributed by atoms with E-state index in [-0.39, 0.29) is 6.54 Å². The molecule has 0 radical (unpaired) electrons. The molecule has 114 valence electrons. The van der Waals surface area contributed by atoms with E-state index in [2.05, 4.69) is 15.0 Å². The van der Waals surface area contributed by atoms with Crippen LogP contribution in [0.25, 0.3) is 0 Å². The van der Waals surface area contributed by atoms with Gasteiger partial charge in [0.2, 0.25) is 10.0 Å². The van der Waals surface area contributed by atoms with E-state index < -0.39 is 10.0 Å². The fourth-order valence-electron chi connectivity index (χ4n) is 2.03. The van der Waals surface area contributed by atoms with Crippen LogP contribution in [0.4, 0.5) is 0 Å². The van der Waals surface area contributed by atoms with E-state index in [1.807, 2.05) is 26.1 Å². The molecule has 0 spiro atoms. The first-order valence-electron chi connectivity index (χ1n) is 6.70. The fourth-order valence-corrected chi connectivity index (χ4v) is 4.02. The molecule has 0 saturated heterocycles. The van der Waals surface area contributed by atoms with Gasteiger partial charge in [-0.15, -0.1) is 11.3 Å². The van der Waals surface area contributed by atoms with E-state index in [4.69, 9.17) is 0 Å². The maximum Gasteiger partial charge on any atom is 0.241 e. The highest BCUT2D eigenvalue weighted by molar-refractivity contribution is 7.89. The van der Waals surface area contributed by atoms with Gasteiger partial charge in [0.25, 0.3) is 0 Å². The van der Waals surface area contributed by atoms with Crippen molar-refractivity contribution in [2.75, 3.05) is 7.05 Å². The number of hydrogen-bond donors (Lipinski definition) is 2. The van der Waals surface area contributed by atoms with Crippen molar-refractivity contribution in [1.82, 2.24) is 15.0 Å². The zero-order chi connectivity index (χ0) is 15.3. The second kappa shape index (κ2) is 7.13. The summed E-state index contributed by atoms with van der Waals surface area (Å²) < 4.78 is 27.7. The first kappa shape index (κ1) is 16.1. The third kappa shape index (κ3) is 4.10. The number of nitrogens with one attached hydrogen (secondary N) is 2. The lowest BCUT2D eigenvalue weighted by atomic mass is 10.1. The molecule has 0 unspecified atom stereocenters. The molecule has 0 aliphatic carbocycles. The van der Waals surface area contributed by atoms with Crippen LogP contribution in [0.3, 0.4) is 0 Å². The second-order valence-electron chi connectivity index (χ2n) is 4.62. The SMILES string of the molecule is CCc1ccc(CNC)cc1S(=O)(=O)NCc1cncs1. The van der Waals surface area contributed by atoms with E-state index in [0.717, 1.165) is 16.0 Å². The van der Waals surface area contributed by atoms with Crippen LogP contribution in [0.15, 0.2) is 34.8 Å². The van der Waals surface area contributed by atoms with Crippen LogP contribution in [0.1, 0.15) is 22.9 Å². The Balaban J connectivity index is 2.26. The Morgan fingerprint density at radius 2 is 2.10 bits per heavy atom. The highest BCUT2D eigenvalue weighted by Crippen LogP contribution is 2.19. The van der Waals surface area contributed by atoms with E-state index in [9.17, 15) is 8.42 Å². The van der Waals surface area contributed by atoms with Gasteiger partial charge in [0, 0.05) is 24.2 Å². The summed E-state index contributed by atoms with van der Waals surface area (Å²) in [5, 5.41) is 3.03. The topological polar surface area (TPSA) is 71.1 Å². The molecule has 7 heteroatoms. The Hall–Kier alpha value is -1.28. The Morgan fingerprint density at radius 3 is 2.71 bits per heavy atom. The summed E-state index contributed by atoms with van der Waals surface area (Å²) >= 11 is 1.43. The van der Waals surface area contributed by atoms with Gasteiger partial charge in [0.1, 0.15) is 0 Å². The number of aromatic nitrogens is 1. The first-order chi connectivity index (χ1) is 10.1. The monoisotopic (exact) mass is 325 g/mol. The fraction of sp³-hybridized carbons (Fsp3) is 0.357. The smallest absolute Gasteiger partial charge is 0.241 e. The standard InChI is InChI=1S/C14H19N3O2S2/c1-3-12-5-4-11(7-15-2)6-14(12)21(18,19)17-9-13-8-16-10-20-13/h4-6,8,10,15,17H,3,7,9H2,1-2H3. The second-order valence-corrected chi connectivity index (χ2v) is 7.32. The van der Waals surface area contributed by atoms with E-state index in [0.29, 0.717) is 17.9 Å². The van der Waals surface area contributed by atoms with Crippen molar-refractivity contribution >= 4 is 21.4 Å². The molecule has 1 aromatic heterocycles. The van der Waals surface area contributed by atoms with Gasteiger partial charge in [-0.05, 0) is 30.7 Å². The zero-order valence-electron chi connectivity index (χ0n) is 12.1. The molecule has 21 heavy (non-hydrogen) atoms. The quantitative estimate of drug-likeness (QED) is 0.816. The van der Waals surface area contributed by atoms with Crippen molar-refractivity contribution in [3.63, 3.8) is 0 Å². The van der Waals surface area contributed by atoms with Crippen molar-refractivity contribution in [2.24, 2.45) is 0 Å². The summed E-state index contributed by atoms with van der Waals surface area (Å²) in [5.41, 5.74) is 3.47. The predicted molar refractivity (Wildman–Crippen MR) is 84.7 cm³/mol. The lowest BCUT2D eigenvalue weighted by Gasteiger charge is -2.12. The molecule has 2 aromatic rings. The number of nitrogens with zero attached hydrogens (tertiary/aromatic N) is 1. The number of rotatable bonds is 7. The van der Waals surface area contributed by atoms with Crippen LogP contribution in [0.2, 0.25) is 0 Å². The summed E-state index contributed by atoms with van der Waals surface area (Å²) in [7, 11) is -1.68. The van der Waals surface area contributed by atoms with Gasteiger partial charge in [-0.1, -0.05) is 19.1 Å². The molecule has 0 fully saturated rings. The first-order valence-corrected chi connectivity index (χ1v) is 9.06. The minimum atomic E-state index is -3.52. The van der Waals surface area contributed by atoms with Gasteiger partial charge in [0.15, 0.2) is 0 Å². The van der Waals surface area contributed by atoms with Crippen molar-refractivity contribution in [3.8, 4) is 0 Å². The molecule has 5 nitrogen and oxygen atoms in total. The maximum atomic E-state index is 12.5. The van der Waals surface area contributed by atoms with Gasteiger partial charge in [0.05, 0.1) is 10.4 Å². The molecule has 0 saturated carbocycles. The Kier molecular flexibility index (Phi) is 5.46. The van der Waals surface area contributed by atoms with Gasteiger partial charge in [-0.25, -0.2) is 13.1 Å². The summed E-state index contributed by atoms with van der Waals surface area (Å²) in [6.07, 6.45) is 2.35. The molecule has 1 heterocycles. The Bertz CT molecular complexity index is 682. The van der Waals surface area contributed by atoms with Crippen molar-refractivity contribution < 1.29 is 8.42 Å². The molecule has 0 aliphatic rings. The summed E-state index contributed by atoms with van der Waals surface area (Å²) in [5.74, 6) is 0. The summed E-state index contributed by atoms with van der Waals surface area (Å²) in [6, 6.07) is 5.58. The summed E-state index contributed by atoms with van der Waals surface area (Å²) in [4.78, 5) is 5.20. The lowest BCUT2D eigenvalue weighted by molar-refractivity contribution is 0.580. The largest absolute Gasteiger partial charge is 0.316 e. The Labute approximate surface area is 129 Å². The number of aryl methyl sites for hydroxylation is 1. The maximum absolute atomic E-state index is 12.5. The normalized spacial score (nSPS) is 11.7. The van der Waals surface area contributed by atoms with Gasteiger partial charge in [-0.3, -0.25) is 4.98 Å².